The van der Waals surface area contributed by atoms with Crippen molar-refractivity contribution in [2.24, 2.45) is 0 Å². The van der Waals surface area contributed by atoms with Crippen molar-refractivity contribution >= 4 is 43.5 Å². The average Bonchev–Trinajstić information content (AvgIpc) is 2.90. The highest BCUT2D eigenvalue weighted by atomic mass is 79.9. The first kappa shape index (κ1) is 29.4. The zero-order chi connectivity index (χ0) is 27.9. The van der Waals surface area contributed by atoms with Gasteiger partial charge in [-0.1, -0.05) is 76.9 Å². The molecule has 2 atom stereocenters. The fraction of sp³-hybridized carbons (Fsp3) is 0.310. The van der Waals surface area contributed by atoms with Crippen molar-refractivity contribution in [1.29, 1.82) is 0 Å². The van der Waals surface area contributed by atoms with Crippen LogP contribution in [0.3, 0.4) is 0 Å². The SMILES string of the molecule is CC[C@@H](C)NC(=O)[C@@H](C)N(Cc1cccc(C)c1)C(=O)CN(c1cccc(Br)c1)S(=O)(=O)c1ccccc1. The third-order valence-electron chi connectivity index (χ3n) is 6.31. The molecular formula is C29H34BrN3O4S. The summed E-state index contributed by atoms with van der Waals surface area (Å²) < 4.78 is 29.3. The van der Waals surface area contributed by atoms with Crippen LogP contribution < -0.4 is 9.62 Å². The largest absolute Gasteiger partial charge is 0.352 e. The average molecular weight is 601 g/mol. The molecule has 9 heteroatoms. The summed E-state index contributed by atoms with van der Waals surface area (Å²) in [7, 11) is -4.08. The zero-order valence-corrected chi connectivity index (χ0v) is 24.5. The van der Waals surface area contributed by atoms with Gasteiger partial charge in [0.1, 0.15) is 12.6 Å². The molecule has 0 aromatic heterocycles. The number of nitrogens with one attached hydrogen (secondary N) is 1. The molecule has 0 radical (unpaired) electrons. The van der Waals surface area contributed by atoms with Gasteiger partial charge in [0, 0.05) is 17.1 Å². The van der Waals surface area contributed by atoms with Crippen LogP contribution in [0.15, 0.2) is 88.2 Å². The van der Waals surface area contributed by atoms with Crippen molar-refractivity contribution < 1.29 is 18.0 Å². The van der Waals surface area contributed by atoms with Crippen LogP contribution in [0.1, 0.15) is 38.3 Å². The number of benzene rings is 3. The molecule has 0 bridgehead atoms. The molecule has 38 heavy (non-hydrogen) atoms. The Labute approximate surface area is 234 Å². The van der Waals surface area contributed by atoms with Gasteiger partial charge in [0.2, 0.25) is 11.8 Å². The normalized spacial score (nSPS) is 12.9. The van der Waals surface area contributed by atoms with Crippen LogP contribution in [0.2, 0.25) is 0 Å². The van der Waals surface area contributed by atoms with E-state index in [1.165, 1.54) is 17.0 Å². The summed E-state index contributed by atoms with van der Waals surface area (Å²) in [6, 6.07) is 21.6. The van der Waals surface area contributed by atoms with E-state index in [4.69, 9.17) is 0 Å². The second kappa shape index (κ2) is 13.1. The van der Waals surface area contributed by atoms with Crippen LogP contribution in [0.4, 0.5) is 5.69 Å². The quantitative estimate of drug-likeness (QED) is 0.324. The Balaban J connectivity index is 2.02. The Morgan fingerprint density at radius 1 is 0.947 bits per heavy atom. The molecule has 3 aromatic rings. The molecular weight excluding hydrogens is 566 g/mol. The van der Waals surface area contributed by atoms with Crippen molar-refractivity contribution in [2.45, 2.75) is 57.6 Å². The predicted molar refractivity (Wildman–Crippen MR) is 154 cm³/mol. The number of rotatable bonds is 11. The summed E-state index contributed by atoms with van der Waals surface area (Å²) >= 11 is 3.40. The van der Waals surface area contributed by atoms with E-state index in [0.29, 0.717) is 10.2 Å². The van der Waals surface area contributed by atoms with Crippen molar-refractivity contribution in [2.75, 3.05) is 10.8 Å². The second-order valence-electron chi connectivity index (χ2n) is 9.31. The predicted octanol–water partition coefficient (Wildman–Crippen LogP) is 5.28. The fourth-order valence-corrected chi connectivity index (χ4v) is 5.75. The van der Waals surface area contributed by atoms with Gasteiger partial charge in [0.15, 0.2) is 0 Å². The smallest absolute Gasteiger partial charge is 0.264 e. The monoisotopic (exact) mass is 599 g/mol. The van der Waals surface area contributed by atoms with E-state index in [1.54, 1.807) is 49.4 Å². The number of aryl methyl sites for hydroxylation is 1. The summed E-state index contributed by atoms with van der Waals surface area (Å²) in [5.74, 6) is -0.780. The zero-order valence-electron chi connectivity index (χ0n) is 22.1. The van der Waals surface area contributed by atoms with Crippen LogP contribution in [-0.2, 0) is 26.2 Å². The molecule has 0 saturated carbocycles. The Bertz CT molecular complexity index is 1370. The molecule has 0 aliphatic rings. The maximum absolute atomic E-state index is 13.9. The van der Waals surface area contributed by atoms with Gasteiger partial charge in [-0.3, -0.25) is 13.9 Å². The molecule has 3 rings (SSSR count). The highest BCUT2D eigenvalue weighted by Crippen LogP contribution is 2.27. The fourth-order valence-electron chi connectivity index (χ4n) is 3.94. The minimum atomic E-state index is -4.08. The van der Waals surface area contributed by atoms with Gasteiger partial charge in [-0.15, -0.1) is 0 Å². The number of anilines is 1. The first-order valence-electron chi connectivity index (χ1n) is 12.5. The van der Waals surface area contributed by atoms with Gasteiger partial charge >= 0.3 is 0 Å². The Hall–Kier alpha value is -3.17. The molecule has 202 valence electrons. The number of nitrogens with zero attached hydrogens (tertiary/aromatic N) is 2. The van der Waals surface area contributed by atoms with E-state index in [0.717, 1.165) is 21.9 Å². The number of amides is 2. The lowest BCUT2D eigenvalue weighted by atomic mass is 10.1. The van der Waals surface area contributed by atoms with Crippen molar-refractivity contribution in [3.8, 4) is 0 Å². The van der Waals surface area contributed by atoms with Gasteiger partial charge in [-0.05, 0) is 63.1 Å². The van der Waals surface area contributed by atoms with Crippen LogP contribution in [0, 0.1) is 6.92 Å². The second-order valence-corrected chi connectivity index (χ2v) is 12.1. The Morgan fingerprint density at radius 3 is 2.26 bits per heavy atom. The molecule has 7 nitrogen and oxygen atoms in total. The topological polar surface area (TPSA) is 86.8 Å². The number of sulfonamides is 1. The lowest BCUT2D eigenvalue weighted by molar-refractivity contribution is -0.139. The maximum atomic E-state index is 13.9. The number of hydrogen-bond donors (Lipinski definition) is 1. The molecule has 0 unspecified atom stereocenters. The molecule has 0 aliphatic carbocycles. The van der Waals surface area contributed by atoms with Gasteiger partial charge in [-0.25, -0.2) is 8.42 Å². The van der Waals surface area contributed by atoms with E-state index in [2.05, 4.69) is 21.2 Å². The summed E-state index contributed by atoms with van der Waals surface area (Å²) in [5.41, 5.74) is 2.21. The van der Waals surface area contributed by atoms with Gasteiger partial charge < -0.3 is 10.2 Å². The number of halogens is 1. The summed E-state index contributed by atoms with van der Waals surface area (Å²) in [4.78, 5) is 28.5. The lowest BCUT2D eigenvalue weighted by Gasteiger charge is -2.32. The molecule has 3 aromatic carbocycles. The highest BCUT2D eigenvalue weighted by molar-refractivity contribution is 9.10. The molecule has 0 spiro atoms. The summed E-state index contributed by atoms with van der Waals surface area (Å²) in [6.07, 6.45) is 0.746. The minimum Gasteiger partial charge on any atom is -0.352 e. The summed E-state index contributed by atoms with van der Waals surface area (Å²) in [6.45, 7) is 7.18. The Morgan fingerprint density at radius 2 is 1.63 bits per heavy atom. The molecule has 0 aliphatic heterocycles. The standard InChI is InChI=1S/C29H34BrN3O4S/c1-5-22(3)31-29(35)23(4)32(19-24-12-9-11-21(2)17-24)28(34)20-33(26-14-10-13-25(30)18-26)38(36,37)27-15-7-6-8-16-27/h6-18,22-23H,5,19-20H2,1-4H3,(H,31,35)/t22-,23-/m1/s1. The van der Waals surface area contributed by atoms with Gasteiger partial charge in [0.05, 0.1) is 10.6 Å². The van der Waals surface area contributed by atoms with Crippen LogP contribution in [-0.4, -0.2) is 43.8 Å². The molecule has 0 fully saturated rings. The third kappa shape index (κ3) is 7.45. The minimum absolute atomic E-state index is 0.0579. The van der Waals surface area contributed by atoms with E-state index in [-0.39, 0.29) is 23.4 Å². The van der Waals surface area contributed by atoms with E-state index in [1.807, 2.05) is 45.0 Å². The van der Waals surface area contributed by atoms with E-state index in [9.17, 15) is 18.0 Å². The highest BCUT2D eigenvalue weighted by Gasteiger charge is 2.32. The van der Waals surface area contributed by atoms with Crippen molar-refractivity contribution in [1.82, 2.24) is 10.2 Å². The number of carbonyl (C=O) groups is 2. The molecule has 0 saturated heterocycles. The first-order chi connectivity index (χ1) is 18.0. The van der Waals surface area contributed by atoms with Crippen molar-refractivity contribution in [3.05, 3.63) is 94.5 Å². The maximum Gasteiger partial charge on any atom is 0.264 e. The lowest BCUT2D eigenvalue weighted by Crippen LogP contribution is -2.52. The molecule has 1 N–H and O–H groups in total. The third-order valence-corrected chi connectivity index (χ3v) is 8.59. The molecule has 2 amide bonds. The van der Waals surface area contributed by atoms with E-state index < -0.39 is 28.5 Å². The Kier molecular flexibility index (Phi) is 10.1. The number of hydrogen-bond acceptors (Lipinski definition) is 4. The van der Waals surface area contributed by atoms with Gasteiger partial charge in [-0.2, -0.15) is 0 Å². The van der Waals surface area contributed by atoms with Crippen molar-refractivity contribution in [3.63, 3.8) is 0 Å². The van der Waals surface area contributed by atoms with Crippen LogP contribution in [0.25, 0.3) is 0 Å². The van der Waals surface area contributed by atoms with Crippen LogP contribution >= 0.6 is 15.9 Å². The molecule has 0 heterocycles. The first-order valence-corrected chi connectivity index (χ1v) is 14.7. The number of carbonyl (C=O) groups excluding carboxylic acids is 2. The summed E-state index contributed by atoms with van der Waals surface area (Å²) in [5, 5.41) is 2.94. The van der Waals surface area contributed by atoms with Gasteiger partial charge in [0.25, 0.3) is 10.0 Å². The van der Waals surface area contributed by atoms with Crippen LogP contribution in [0.5, 0.6) is 0 Å². The van der Waals surface area contributed by atoms with E-state index >= 15 is 0 Å².